The van der Waals surface area contributed by atoms with Crippen molar-refractivity contribution < 1.29 is 30.4 Å². The fourth-order valence-electron chi connectivity index (χ4n) is 9.76. The second-order valence-corrected chi connectivity index (χ2v) is 20.7. The van der Waals surface area contributed by atoms with Gasteiger partial charge < -0.3 is 13.9 Å². The van der Waals surface area contributed by atoms with Crippen molar-refractivity contribution in [3.63, 3.8) is 0 Å². The molecule has 0 fully saturated rings. The molecule has 0 radical (unpaired) electrons. The molecule has 0 aliphatic heterocycles. The number of para-hydroxylation sites is 4. The van der Waals surface area contributed by atoms with Gasteiger partial charge in [0.15, 0.2) is 0 Å². The van der Waals surface area contributed by atoms with Gasteiger partial charge in [0.05, 0.1) is 16.7 Å². The normalized spacial score (nSPS) is 12.0. The quantitative estimate of drug-likeness (QED) is 0.107. The molecule has 354 valence electrons. The predicted molar refractivity (Wildman–Crippen MR) is 288 cm³/mol. The Bertz CT molecular complexity index is 3710. The fourth-order valence-corrected chi connectivity index (χ4v) is 9.76. The van der Waals surface area contributed by atoms with Crippen LogP contribution in [0.2, 0.25) is 0 Å². The molecule has 0 spiro atoms. The summed E-state index contributed by atoms with van der Waals surface area (Å²) in [5.41, 5.74) is 16.5. The second kappa shape index (κ2) is 18.8. The van der Waals surface area contributed by atoms with E-state index in [-0.39, 0.29) is 37.8 Å². The van der Waals surface area contributed by atoms with Crippen LogP contribution in [0.3, 0.4) is 0 Å². The molecule has 0 atom stereocenters. The largest absolute Gasteiger partial charge is 0.510 e. The van der Waals surface area contributed by atoms with Crippen molar-refractivity contribution in [2.45, 2.75) is 72.1 Å². The van der Waals surface area contributed by atoms with Crippen molar-refractivity contribution in [3.8, 4) is 62.1 Å². The van der Waals surface area contributed by atoms with Gasteiger partial charge >= 0.3 is 0 Å². The van der Waals surface area contributed by atoms with Gasteiger partial charge in [-0.2, -0.15) is 18.2 Å². The summed E-state index contributed by atoms with van der Waals surface area (Å²) in [4.78, 5) is 5.11. The molecular formula is C65H56N4OPt-2. The summed E-state index contributed by atoms with van der Waals surface area (Å²) < 4.78 is 13.3. The van der Waals surface area contributed by atoms with E-state index in [1.54, 1.807) is 0 Å². The number of pyridine rings is 1. The van der Waals surface area contributed by atoms with Crippen LogP contribution in [0.4, 0.5) is 0 Å². The third-order valence-electron chi connectivity index (χ3n) is 13.5. The number of ether oxygens (including phenoxy) is 1. The van der Waals surface area contributed by atoms with Gasteiger partial charge in [-0.05, 0) is 84.5 Å². The van der Waals surface area contributed by atoms with E-state index in [0.717, 1.165) is 77.8 Å². The standard InChI is InChI=1S/C65H56N4O.Pt/c1-43(2)56-40-62(66-41-57(56)45-23-13-10-14-24-45)69-58-30-16-15-27-54(58)55-34-33-51(39-61(55)69)70-50-26-19-25-49(38-50)67-42-68(60-32-18-17-31-59(60)67)63-52(44-21-11-9-12-22-44)28-20-29-53(63)46-35-47(64(3,4)5)37-48(36-46)65(6,7)8;/h9-37,40-41,43H,1-8H3;/q-2;. The minimum atomic E-state index is -0.0445. The Morgan fingerprint density at radius 1 is 0.535 bits per heavy atom. The minimum Gasteiger partial charge on any atom is -0.510 e. The third kappa shape index (κ3) is 8.94. The van der Waals surface area contributed by atoms with Crippen molar-refractivity contribution in [2.24, 2.45) is 0 Å². The number of rotatable bonds is 9. The van der Waals surface area contributed by atoms with E-state index in [1.807, 2.05) is 24.4 Å². The summed E-state index contributed by atoms with van der Waals surface area (Å²) in [6.45, 7) is 18.3. The van der Waals surface area contributed by atoms with Crippen LogP contribution in [0.5, 0.6) is 11.5 Å². The molecule has 0 unspecified atom stereocenters. The summed E-state index contributed by atoms with van der Waals surface area (Å²) in [6, 6.07) is 71.7. The smallest absolute Gasteiger partial charge is 0.268 e. The molecule has 0 saturated heterocycles. The fraction of sp³-hybridized carbons (Fsp3) is 0.169. The van der Waals surface area contributed by atoms with E-state index in [1.165, 1.54) is 22.3 Å². The van der Waals surface area contributed by atoms with Gasteiger partial charge in [0.1, 0.15) is 5.82 Å². The summed E-state index contributed by atoms with van der Waals surface area (Å²) >= 11 is 0. The number of benzene rings is 8. The molecule has 11 aromatic rings. The van der Waals surface area contributed by atoms with E-state index in [0.29, 0.717) is 11.5 Å². The predicted octanol–water partition coefficient (Wildman–Crippen LogP) is 16.3. The van der Waals surface area contributed by atoms with Crippen LogP contribution >= 0.6 is 0 Å². The SMILES string of the molecule is CC(C)c1cc(-n2c3[c-]c(Oc4[c-]c(-n5[c-][n+](-c6c(-c7ccccc7)cccc6-c6cc(C(C)(C)C)cc(C(C)(C)C)c6)c6ccccc65)ccc4)ccc3c3ccccc32)ncc1-c1ccccc1.[Pt]. The van der Waals surface area contributed by atoms with Crippen molar-refractivity contribution in [1.82, 2.24) is 14.1 Å². The number of imidazole rings is 1. The van der Waals surface area contributed by atoms with Crippen LogP contribution in [0, 0.1) is 18.5 Å². The Labute approximate surface area is 432 Å². The summed E-state index contributed by atoms with van der Waals surface area (Å²) in [7, 11) is 0. The number of nitrogens with zero attached hydrogens (tertiary/aromatic N) is 4. The molecule has 5 nitrogen and oxygen atoms in total. The van der Waals surface area contributed by atoms with Crippen molar-refractivity contribution in [1.29, 1.82) is 0 Å². The van der Waals surface area contributed by atoms with Crippen LogP contribution in [0.25, 0.3) is 83.4 Å². The average molecular weight is 1100 g/mol. The Kier molecular flexibility index (Phi) is 12.5. The van der Waals surface area contributed by atoms with Gasteiger partial charge in [-0.3, -0.25) is 4.57 Å². The maximum absolute atomic E-state index is 6.73. The molecule has 8 aromatic carbocycles. The van der Waals surface area contributed by atoms with Crippen LogP contribution in [0.1, 0.15) is 78.0 Å². The van der Waals surface area contributed by atoms with Crippen LogP contribution < -0.4 is 9.30 Å². The minimum absolute atomic E-state index is 0. The zero-order valence-corrected chi connectivity index (χ0v) is 43.8. The Hall–Kier alpha value is -7.33. The van der Waals surface area contributed by atoms with Gasteiger partial charge in [0.25, 0.3) is 6.33 Å². The van der Waals surface area contributed by atoms with Gasteiger partial charge in [0, 0.05) is 49.8 Å². The van der Waals surface area contributed by atoms with Crippen molar-refractivity contribution in [2.75, 3.05) is 0 Å². The average Bonchev–Trinajstić information content (AvgIpc) is 3.92. The number of hydrogen-bond donors (Lipinski definition) is 0. The molecule has 0 N–H and O–H groups in total. The second-order valence-electron chi connectivity index (χ2n) is 20.7. The first kappa shape index (κ1) is 47.4. The van der Waals surface area contributed by atoms with Crippen molar-refractivity contribution >= 4 is 32.8 Å². The first-order valence-electron chi connectivity index (χ1n) is 24.3. The Balaban J connectivity index is 0.00000582. The monoisotopic (exact) mass is 1100 g/mol. The van der Waals surface area contributed by atoms with Crippen molar-refractivity contribution in [3.05, 3.63) is 223 Å². The molecule has 0 bridgehead atoms. The maximum Gasteiger partial charge on any atom is 0.268 e. The topological polar surface area (TPSA) is 35.9 Å². The maximum atomic E-state index is 6.73. The number of hydrogen-bond acceptors (Lipinski definition) is 2. The molecule has 0 aliphatic carbocycles. The molecule has 6 heteroatoms. The number of fused-ring (bicyclic) bond motifs is 4. The molecule has 0 aliphatic rings. The summed E-state index contributed by atoms with van der Waals surface area (Å²) in [5.74, 6) is 2.28. The van der Waals surface area contributed by atoms with E-state index in [2.05, 4.69) is 251 Å². The number of aromatic nitrogens is 4. The van der Waals surface area contributed by atoms with Crippen LogP contribution in [-0.4, -0.2) is 14.1 Å². The zero-order chi connectivity index (χ0) is 48.3. The molecule has 71 heavy (non-hydrogen) atoms. The van der Waals surface area contributed by atoms with Gasteiger partial charge in [-0.25, -0.2) is 4.98 Å². The van der Waals surface area contributed by atoms with E-state index < -0.39 is 0 Å². The van der Waals surface area contributed by atoms with Gasteiger partial charge in [-0.15, -0.1) is 29.7 Å². The molecule has 0 amide bonds. The molecule has 11 rings (SSSR count). The first-order valence-corrected chi connectivity index (χ1v) is 24.3. The Morgan fingerprint density at radius 3 is 1.80 bits per heavy atom. The van der Waals surface area contributed by atoms with Crippen LogP contribution in [-0.2, 0) is 31.9 Å². The molecule has 3 aromatic heterocycles. The molecule has 0 saturated carbocycles. The van der Waals surface area contributed by atoms with E-state index in [9.17, 15) is 0 Å². The van der Waals surface area contributed by atoms with E-state index >= 15 is 0 Å². The first-order chi connectivity index (χ1) is 33.8. The van der Waals surface area contributed by atoms with Gasteiger partial charge in [0.2, 0.25) is 0 Å². The molecule has 3 heterocycles. The third-order valence-corrected chi connectivity index (χ3v) is 13.5. The zero-order valence-electron chi connectivity index (χ0n) is 41.5. The van der Waals surface area contributed by atoms with E-state index in [4.69, 9.17) is 9.72 Å². The van der Waals surface area contributed by atoms with Crippen LogP contribution in [0.15, 0.2) is 188 Å². The Morgan fingerprint density at radius 2 is 1.13 bits per heavy atom. The van der Waals surface area contributed by atoms with Gasteiger partial charge in [-0.1, -0.05) is 200 Å². The summed E-state index contributed by atoms with van der Waals surface area (Å²) in [5, 5.41) is 2.21. The summed E-state index contributed by atoms with van der Waals surface area (Å²) in [6.07, 6.45) is 5.86. The molecular weight excluding hydrogens is 1050 g/mol.